The zero-order chi connectivity index (χ0) is 8.27. The van der Waals surface area contributed by atoms with Crippen LogP contribution >= 0.6 is 21.6 Å². The second kappa shape index (κ2) is 3.88. The number of benzene rings is 1. The minimum atomic E-state index is -0.276. The molecule has 0 aliphatic rings. The number of anilines is 1. The van der Waals surface area contributed by atoms with Crippen molar-refractivity contribution in [3.63, 3.8) is 0 Å². The lowest BCUT2D eigenvalue weighted by atomic mass is 10.3. The van der Waals surface area contributed by atoms with Crippen LogP contribution < -0.4 is 5.73 Å². The maximum absolute atomic E-state index is 12.6. The molecule has 0 saturated heterocycles. The lowest BCUT2D eigenvalue weighted by molar-refractivity contribution is 0.625. The fourth-order valence-electron chi connectivity index (χ4n) is 0.729. The average molecular weight is 189 g/mol. The van der Waals surface area contributed by atoms with E-state index in [0.29, 0.717) is 5.69 Å². The summed E-state index contributed by atoms with van der Waals surface area (Å²) in [6, 6.07) is 4.53. The van der Waals surface area contributed by atoms with Crippen molar-refractivity contribution in [2.24, 2.45) is 0 Å². The van der Waals surface area contributed by atoms with Crippen LogP contribution in [0, 0.1) is 5.82 Å². The topological polar surface area (TPSA) is 26.0 Å². The van der Waals surface area contributed by atoms with Gasteiger partial charge in [0.2, 0.25) is 0 Å². The normalized spacial score (nSPS) is 10.0. The van der Waals surface area contributed by atoms with Crippen LogP contribution in [0.1, 0.15) is 0 Å². The van der Waals surface area contributed by atoms with E-state index in [1.807, 2.05) is 6.26 Å². The van der Waals surface area contributed by atoms with Gasteiger partial charge in [0.05, 0.1) is 0 Å². The van der Waals surface area contributed by atoms with Crippen molar-refractivity contribution in [2.45, 2.75) is 4.90 Å². The van der Waals surface area contributed by atoms with E-state index in [1.165, 1.54) is 22.9 Å². The molecule has 0 spiro atoms. The Morgan fingerprint density at radius 1 is 1.36 bits per heavy atom. The summed E-state index contributed by atoms with van der Waals surface area (Å²) in [4.78, 5) is 0.856. The molecule has 2 N–H and O–H groups in total. The molecule has 11 heavy (non-hydrogen) atoms. The first kappa shape index (κ1) is 8.74. The van der Waals surface area contributed by atoms with Crippen LogP contribution in [0.3, 0.4) is 0 Å². The minimum Gasteiger partial charge on any atom is -0.399 e. The summed E-state index contributed by atoms with van der Waals surface area (Å²) in [5.74, 6) is -0.276. The Kier molecular flexibility index (Phi) is 3.08. The number of nitrogen functional groups attached to an aromatic ring is 1. The molecule has 0 unspecified atom stereocenters. The van der Waals surface area contributed by atoms with Gasteiger partial charge in [0.25, 0.3) is 0 Å². The van der Waals surface area contributed by atoms with Crippen LogP contribution in [0.2, 0.25) is 0 Å². The van der Waals surface area contributed by atoms with Gasteiger partial charge in [0.1, 0.15) is 5.82 Å². The predicted molar refractivity (Wildman–Crippen MR) is 50.2 cm³/mol. The second-order valence-electron chi connectivity index (χ2n) is 1.97. The van der Waals surface area contributed by atoms with Crippen molar-refractivity contribution in [2.75, 3.05) is 12.0 Å². The standard InChI is InChI=1S/C7H8FNS2/c1-10-11-7-3-5(8)2-6(9)4-7/h2-4H,9H2,1H3. The molecular formula is C7H8FNS2. The largest absolute Gasteiger partial charge is 0.399 e. The highest BCUT2D eigenvalue weighted by molar-refractivity contribution is 8.76. The summed E-state index contributed by atoms with van der Waals surface area (Å²) in [7, 11) is 3.07. The van der Waals surface area contributed by atoms with Crippen LogP contribution in [0.4, 0.5) is 10.1 Å². The molecule has 1 aromatic carbocycles. The molecule has 0 amide bonds. The van der Waals surface area contributed by atoms with Gasteiger partial charge in [0.15, 0.2) is 0 Å². The lowest BCUT2D eigenvalue weighted by Crippen LogP contribution is -1.86. The van der Waals surface area contributed by atoms with Crippen LogP contribution in [-0.2, 0) is 0 Å². The highest BCUT2D eigenvalue weighted by Crippen LogP contribution is 2.30. The monoisotopic (exact) mass is 189 g/mol. The van der Waals surface area contributed by atoms with Gasteiger partial charge in [-0.25, -0.2) is 4.39 Å². The second-order valence-corrected chi connectivity index (χ2v) is 4.44. The molecule has 0 heterocycles. The minimum absolute atomic E-state index is 0.276. The quantitative estimate of drug-likeness (QED) is 0.572. The van der Waals surface area contributed by atoms with E-state index in [4.69, 9.17) is 5.73 Å². The number of hydrogen-bond donors (Lipinski definition) is 1. The van der Waals surface area contributed by atoms with Crippen LogP contribution in [0.15, 0.2) is 23.1 Å². The van der Waals surface area contributed by atoms with Gasteiger partial charge >= 0.3 is 0 Å². The van der Waals surface area contributed by atoms with Crippen LogP contribution in [0.5, 0.6) is 0 Å². The summed E-state index contributed by atoms with van der Waals surface area (Å²) in [6.07, 6.45) is 1.94. The highest BCUT2D eigenvalue weighted by Gasteiger charge is 1.97. The Labute approximate surface area is 72.9 Å². The first-order chi connectivity index (χ1) is 5.22. The van der Waals surface area contributed by atoms with E-state index in [2.05, 4.69) is 0 Å². The third-order valence-corrected chi connectivity index (χ3v) is 2.75. The first-order valence-electron chi connectivity index (χ1n) is 2.99. The summed E-state index contributed by atoms with van der Waals surface area (Å²) >= 11 is 0. The molecule has 0 atom stereocenters. The van der Waals surface area contributed by atoms with Crippen molar-refractivity contribution in [3.8, 4) is 0 Å². The highest BCUT2D eigenvalue weighted by atomic mass is 33.1. The van der Waals surface area contributed by atoms with Crippen molar-refractivity contribution < 1.29 is 4.39 Å². The van der Waals surface area contributed by atoms with Crippen LogP contribution in [-0.4, -0.2) is 6.26 Å². The van der Waals surface area contributed by atoms with Gasteiger partial charge in [-0.15, -0.1) is 0 Å². The molecule has 4 heteroatoms. The van der Waals surface area contributed by atoms with E-state index in [0.717, 1.165) is 4.90 Å². The van der Waals surface area contributed by atoms with Crippen molar-refractivity contribution >= 4 is 27.3 Å². The number of rotatable bonds is 2. The fraction of sp³-hybridized carbons (Fsp3) is 0.143. The molecule has 1 rings (SSSR count). The average Bonchev–Trinajstić information content (AvgIpc) is 1.85. The molecule has 0 aliphatic heterocycles. The summed E-state index contributed by atoms with van der Waals surface area (Å²) < 4.78 is 12.6. The van der Waals surface area contributed by atoms with Gasteiger partial charge in [-0.2, -0.15) is 0 Å². The SMILES string of the molecule is CSSc1cc(N)cc(F)c1. The van der Waals surface area contributed by atoms with Gasteiger partial charge in [-0.05, 0) is 24.5 Å². The molecule has 60 valence electrons. The van der Waals surface area contributed by atoms with E-state index in [-0.39, 0.29) is 5.82 Å². The van der Waals surface area contributed by atoms with Crippen molar-refractivity contribution in [3.05, 3.63) is 24.0 Å². The molecule has 0 aromatic heterocycles. The smallest absolute Gasteiger partial charge is 0.126 e. The Morgan fingerprint density at radius 3 is 2.64 bits per heavy atom. The Morgan fingerprint density at radius 2 is 2.09 bits per heavy atom. The maximum atomic E-state index is 12.6. The Bertz CT molecular complexity index is 232. The molecule has 0 fully saturated rings. The number of halogens is 1. The van der Waals surface area contributed by atoms with Crippen molar-refractivity contribution in [1.29, 1.82) is 0 Å². The van der Waals surface area contributed by atoms with E-state index in [1.54, 1.807) is 16.9 Å². The zero-order valence-electron chi connectivity index (χ0n) is 6.00. The van der Waals surface area contributed by atoms with Crippen molar-refractivity contribution in [1.82, 2.24) is 0 Å². The molecule has 0 aliphatic carbocycles. The van der Waals surface area contributed by atoms with Crippen LogP contribution in [0.25, 0.3) is 0 Å². The van der Waals surface area contributed by atoms with E-state index >= 15 is 0 Å². The van der Waals surface area contributed by atoms with E-state index in [9.17, 15) is 4.39 Å². The van der Waals surface area contributed by atoms with E-state index < -0.39 is 0 Å². The Hall–Kier alpha value is -0.350. The number of nitrogens with two attached hydrogens (primary N) is 1. The molecule has 0 saturated carbocycles. The van der Waals surface area contributed by atoms with Gasteiger partial charge in [-0.3, -0.25) is 0 Å². The fourth-order valence-corrected chi connectivity index (χ4v) is 2.13. The van der Waals surface area contributed by atoms with Gasteiger partial charge in [-0.1, -0.05) is 21.6 Å². The lowest BCUT2D eigenvalue weighted by Gasteiger charge is -1.99. The zero-order valence-corrected chi connectivity index (χ0v) is 7.64. The Balaban J connectivity index is 2.89. The molecular weight excluding hydrogens is 181 g/mol. The third-order valence-electron chi connectivity index (χ3n) is 1.07. The predicted octanol–water partition coefficient (Wildman–Crippen LogP) is 2.78. The first-order valence-corrected chi connectivity index (χ1v) is 5.55. The maximum Gasteiger partial charge on any atom is 0.126 e. The number of hydrogen-bond acceptors (Lipinski definition) is 3. The molecule has 1 nitrogen and oxygen atoms in total. The summed E-state index contributed by atoms with van der Waals surface area (Å²) in [6.45, 7) is 0. The molecule has 0 radical (unpaired) electrons. The summed E-state index contributed by atoms with van der Waals surface area (Å²) in [5.41, 5.74) is 5.90. The van der Waals surface area contributed by atoms with Gasteiger partial charge < -0.3 is 5.73 Å². The third kappa shape index (κ3) is 2.63. The molecule has 1 aromatic rings. The summed E-state index contributed by atoms with van der Waals surface area (Å²) in [5, 5.41) is 0. The van der Waals surface area contributed by atoms with Gasteiger partial charge in [0, 0.05) is 10.6 Å². The molecule has 0 bridgehead atoms.